The summed E-state index contributed by atoms with van der Waals surface area (Å²) in [5.74, 6) is 0.669. The second kappa shape index (κ2) is 9.06. The van der Waals surface area contributed by atoms with Gasteiger partial charge in [0.25, 0.3) is 0 Å². The third-order valence-corrected chi connectivity index (χ3v) is 3.57. The summed E-state index contributed by atoms with van der Waals surface area (Å²) in [6.45, 7) is 14.9. The number of hydrogen-bond donors (Lipinski definition) is 1. The third-order valence-electron chi connectivity index (χ3n) is 3.57. The summed E-state index contributed by atoms with van der Waals surface area (Å²) in [5.41, 5.74) is 4.05. The highest BCUT2D eigenvalue weighted by Crippen LogP contribution is 2.24. The number of rotatable bonds is 9. The minimum atomic E-state index is 0.525. The van der Waals surface area contributed by atoms with Crippen LogP contribution in [0.25, 0.3) is 0 Å². The van der Waals surface area contributed by atoms with Gasteiger partial charge in [-0.15, -0.1) is 0 Å². The van der Waals surface area contributed by atoms with Gasteiger partial charge in [0.2, 0.25) is 0 Å². The lowest BCUT2D eigenvalue weighted by molar-refractivity contribution is 0.199. The van der Waals surface area contributed by atoms with Crippen molar-refractivity contribution in [2.24, 2.45) is 5.92 Å². The molecule has 0 aliphatic rings. The number of nitrogens with zero attached hydrogens (tertiary/aromatic N) is 1. The zero-order chi connectivity index (χ0) is 15.8. The molecule has 0 fully saturated rings. The molecule has 0 aliphatic carbocycles. The Hall–Kier alpha value is -1.06. The van der Waals surface area contributed by atoms with Gasteiger partial charge in [0.05, 0.1) is 6.61 Å². The molecule has 0 atom stereocenters. The molecule has 120 valence electrons. The maximum Gasteiger partial charge on any atom is 0.0587 e. The molecule has 0 unspecified atom stereocenters. The van der Waals surface area contributed by atoms with Crippen molar-refractivity contribution in [2.45, 2.75) is 47.2 Å². The number of hydrogen-bond acceptors (Lipinski definition) is 3. The SMILES string of the molecule is COCCNCc1ccc(N(CC(C)C)C(C)C)c(C)c1. The molecule has 0 aromatic heterocycles. The lowest BCUT2D eigenvalue weighted by Crippen LogP contribution is -2.34. The minimum absolute atomic E-state index is 0.525. The summed E-state index contributed by atoms with van der Waals surface area (Å²) >= 11 is 0. The Bertz CT molecular complexity index is 416. The standard InChI is InChI=1S/C18H32N2O/c1-14(2)13-20(15(3)4)18-8-7-17(11-16(18)5)12-19-9-10-21-6/h7-8,11,14-15,19H,9-10,12-13H2,1-6H3. The van der Waals surface area contributed by atoms with E-state index in [9.17, 15) is 0 Å². The fourth-order valence-electron chi connectivity index (χ4n) is 2.54. The average molecular weight is 292 g/mol. The van der Waals surface area contributed by atoms with Gasteiger partial charge in [-0.25, -0.2) is 0 Å². The fraction of sp³-hybridized carbons (Fsp3) is 0.667. The molecule has 3 heteroatoms. The summed E-state index contributed by atoms with van der Waals surface area (Å²) in [7, 11) is 1.73. The number of methoxy groups -OCH3 is 1. The lowest BCUT2D eigenvalue weighted by Gasteiger charge is -2.32. The quantitative estimate of drug-likeness (QED) is 0.704. The van der Waals surface area contributed by atoms with E-state index in [2.05, 4.69) is 63.0 Å². The van der Waals surface area contributed by atoms with Gasteiger partial charge in [-0.05, 0) is 43.9 Å². The molecular formula is C18H32N2O. The molecule has 0 heterocycles. The number of anilines is 1. The van der Waals surface area contributed by atoms with Gasteiger partial charge in [-0.2, -0.15) is 0 Å². The molecule has 0 spiro atoms. The van der Waals surface area contributed by atoms with Crippen LogP contribution in [-0.2, 0) is 11.3 Å². The van der Waals surface area contributed by atoms with Crippen LogP contribution in [0.2, 0.25) is 0 Å². The molecule has 1 rings (SSSR count). The Morgan fingerprint density at radius 2 is 1.90 bits per heavy atom. The number of aryl methyl sites for hydroxylation is 1. The summed E-state index contributed by atoms with van der Waals surface area (Å²) in [6, 6.07) is 7.32. The topological polar surface area (TPSA) is 24.5 Å². The van der Waals surface area contributed by atoms with Crippen LogP contribution in [0.1, 0.15) is 38.8 Å². The van der Waals surface area contributed by atoms with Crippen LogP contribution in [0.4, 0.5) is 5.69 Å². The summed E-state index contributed by atoms with van der Waals surface area (Å²) < 4.78 is 5.05. The van der Waals surface area contributed by atoms with Crippen LogP contribution in [0, 0.1) is 12.8 Å². The molecule has 3 nitrogen and oxygen atoms in total. The smallest absolute Gasteiger partial charge is 0.0587 e. The van der Waals surface area contributed by atoms with Gasteiger partial charge in [0.15, 0.2) is 0 Å². The van der Waals surface area contributed by atoms with E-state index in [0.29, 0.717) is 12.0 Å². The highest BCUT2D eigenvalue weighted by molar-refractivity contribution is 5.55. The molecule has 0 radical (unpaired) electrons. The van der Waals surface area contributed by atoms with Gasteiger partial charge in [0, 0.05) is 38.5 Å². The molecule has 0 aliphatic heterocycles. The Labute approximate surface area is 130 Å². The van der Waals surface area contributed by atoms with E-state index in [4.69, 9.17) is 4.74 Å². The molecule has 0 amide bonds. The van der Waals surface area contributed by atoms with E-state index < -0.39 is 0 Å². The maximum atomic E-state index is 5.05. The molecule has 0 saturated carbocycles. The van der Waals surface area contributed by atoms with Crippen molar-refractivity contribution in [3.8, 4) is 0 Å². The number of benzene rings is 1. The highest BCUT2D eigenvalue weighted by atomic mass is 16.5. The zero-order valence-electron chi connectivity index (χ0n) is 14.6. The molecule has 0 saturated heterocycles. The van der Waals surface area contributed by atoms with Crippen molar-refractivity contribution >= 4 is 5.69 Å². The summed E-state index contributed by atoms with van der Waals surface area (Å²) in [4.78, 5) is 2.50. The fourth-order valence-corrected chi connectivity index (χ4v) is 2.54. The molecule has 1 aromatic rings. The van der Waals surface area contributed by atoms with E-state index in [1.165, 1.54) is 16.8 Å². The second-order valence-electron chi connectivity index (χ2n) is 6.43. The van der Waals surface area contributed by atoms with E-state index >= 15 is 0 Å². The summed E-state index contributed by atoms with van der Waals surface area (Å²) in [5, 5.41) is 3.39. The van der Waals surface area contributed by atoms with Crippen LogP contribution in [0.3, 0.4) is 0 Å². The van der Waals surface area contributed by atoms with Crippen LogP contribution >= 0.6 is 0 Å². The van der Waals surface area contributed by atoms with Gasteiger partial charge in [-0.1, -0.05) is 26.0 Å². The van der Waals surface area contributed by atoms with Crippen molar-refractivity contribution in [1.29, 1.82) is 0 Å². The zero-order valence-corrected chi connectivity index (χ0v) is 14.6. The predicted octanol–water partition coefficient (Wildman–Crippen LogP) is 3.60. The largest absolute Gasteiger partial charge is 0.383 e. The Kier molecular flexibility index (Phi) is 7.76. The van der Waals surface area contributed by atoms with Crippen LogP contribution < -0.4 is 10.2 Å². The van der Waals surface area contributed by atoms with Crippen molar-refractivity contribution < 1.29 is 4.74 Å². The summed E-state index contributed by atoms with van der Waals surface area (Å²) in [6.07, 6.45) is 0. The van der Waals surface area contributed by atoms with E-state index in [1.807, 2.05) is 0 Å². The Balaban J connectivity index is 2.75. The average Bonchev–Trinajstić information content (AvgIpc) is 2.41. The molecule has 0 bridgehead atoms. The van der Waals surface area contributed by atoms with Crippen LogP contribution in [-0.4, -0.2) is 32.8 Å². The molecule has 1 aromatic carbocycles. The predicted molar refractivity (Wildman–Crippen MR) is 92.1 cm³/mol. The minimum Gasteiger partial charge on any atom is -0.383 e. The van der Waals surface area contributed by atoms with Gasteiger partial charge in [0.1, 0.15) is 0 Å². The molecule has 1 N–H and O–H groups in total. The molecule has 21 heavy (non-hydrogen) atoms. The Morgan fingerprint density at radius 3 is 2.43 bits per heavy atom. The first-order valence-corrected chi connectivity index (χ1v) is 8.01. The maximum absolute atomic E-state index is 5.05. The normalized spacial score (nSPS) is 11.4. The van der Waals surface area contributed by atoms with Crippen molar-refractivity contribution in [3.63, 3.8) is 0 Å². The Morgan fingerprint density at radius 1 is 1.19 bits per heavy atom. The first kappa shape index (κ1) is 18.0. The van der Waals surface area contributed by atoms with Gasteiger partial charge >= 0.3 is 0 Å². The van der Waals surface area contributed by atoms with E-state index in [0.717, 1.165) is 26.2 Å². The monoisotopic (exact) mass is 292 g/mol. The van der Waals surface area contributed by atoms with Crippen LogP contribution in [0.5, 0.6) is 0 Å². The number of nitrogens with one attached hydrogen (secondary N) is 1. The second-order valence-corrected chi connectivity index (χ2v) is 6.43. The van der Waals surface area contributed by atoms with Crippen molar-refractivity contribution in [1.82, 2.24) is 5.32 Å². The van der Waals surface area contributed by atoms with Crippen molar-refractivity contribution in [3.05, 3.63) is 29.3 Å². The first-order chi connectivity index (χ1) is 9.95. The number of ether oxygens (including phenoxy) is 1. The van der Waals surface area contributed by atoms with E-state index in [1.54, 1.807) is 7.11 Å². The van der Waals surface area contributed by atoms with E-state index in [-0.39, 0.29) is 0 Å². The van der Waals surface area contributed by atoms with Gasteiger partial charge in [-0.3, -0.25) is 0 Å². The van der Waals surface area contributed by atoms with Crippen molar-refractivity contribution in [2.75, 3.05) is 31.7 Å². The highest BCUT2D eigenvalue weighted by Gasteiger charge is 2.14. The van der Waals surface area contributed by atoms with Crippen LogP contribution in [0.15, 0.2) is 18.2 Å². The third kappa shape index (κ3) is 6.06. The molecular weight excluding hydrogens is 260 g/mol. The first-order valence-electron chi connectivity index (χ1n) is 8.01. The van der Waals surface area contributed by atoms with Gasteiger partial charge < -0.3 is 15.0 Å². The lowest BCUT2D eigenvalue weighted by atomic mass is 10.1.